The van der Waals surface area contributed by atoms with Crippen molar-refractivity contribution < 1.29 is 17.6 Å². The molecule has 1 N–H and O–H groups in total. The molecule has 0 saturated heterocycles. The number of carbonyl (C=O) groups excluding carboxylic acids is 1. The highest BCUT2D eigenvalue weighted by Crippen LogP contribution is 2.31. The van der Waals surface area contributed by atoms with Crippen molar-refractivity contribution in [2.24, 2.45) is 5.41 Å². The van der Waals surface area contributed by atoms with E-state index in [4.69, 9.17) is 0 Å². The van der Waals surface area contributed by atoms with Crippen molar-refractivity contribution in [1.29, 1.82) is 0 Å². The summed E-state index contributed by atoms with van der Waals surface area (Å²) in [6, 6.07) is 8.21. The minimum atomic E-state index is -3.75. The summed E-state index contributed by atoms with van der Waals surface area (Å²) in [5.41, 5.74) is -0.611. The van der Waals surface area contributed by atoms with E-state index in [1.54, 1.807) is 38.3 Å². The van der Waals surface area contributed by atoms with Crippen molar-refractivity contribution in [3.8, 4) is 0 Å². The molecule has 0 fully saturated rings. The highest BCUT2D eigenvalue weighted by molar-refractivity contribution is 7.91. The molecule has 24 heavy (non-hydrogen) atoms. The van der Waals surface area contributed by atoms with Gasteiger partial charge in [0.15, 0.2) is 9.84 Å². The predicted molar refractivity (Wildman–Crippen MR) is 93.1 cm³/mol. The third kappa shape index (κ3) is 4.21. The molecule has 130 valence electrons. The van der Waals surface area contributed by atoms with E-state index < -0.39 is 26.3 Å². The van der Waals surface area contributed by atoms with Crippen molar-refractivity contribution >= 4 is 27.1 Å². The molecule has 4 nitrogen and oxygen atoms in total. The van der Waals surface area contributed by atoms with Crippen LogP contribution in [-0.2, 0) is 14.6 Å². The fraction of sp³-hybridized carbons (Fsp3) is 0.353. The average Bonchev–Trinajstić information content (AvgIpc) is 3.00. The Kier molecular flexibility index (Phi) is 5.45. The van der Waals surface area contributed by atoms with E-state index in [1.165, 1.54) is 23.5 Å². The number of rotatable bonds is 5. The number of hydrogen-bond acceptors (Lipinski definition) is 4. The molecule has 1 aromatic heterocycles. The zero-order valence-corrected chi connectivity index (χ0v) is 15.4. The number of nitrogens with one attached hydrogen (secondary N) is 1. The zero-order chi connectivity index (χ0) is 18.0. The molecule has 1 heterocycles. The van der Waals surface area contributed by atoms with Crippen molar-refractivity contribution in [1.82, 2.24) is 5.32 Å². The fourth-order valence-corrected chi connectivity index (χ4v) is 4.86. The molecule has 1 atom stereocenters. The maximum atomic E-state index is 13.1. The Balaban J connectivity index is 2.33. The molecule has 0 aliphatic rings. The Labute approximate surface area is 145 Å². The van der Waals surface area contributed by atoms with E-state index in [9.17, 15) is 17.6 Å². The lowest BCUT2D eigenvalue weighted by Gasteiger charge is -2.21. The molecule has 0 radical (unpaired) electrons. The maximum absolute atomic E-state index is 13.1. The quantitative estimate of drug-likeness (QED) is 0.820. The van der Waals surface area contributed by atoms with Gasteiger partial charge in [-0.1, -0.05) is 26.8 Å². The van der Waals surface area contributed by atoms with Crippen LogP contribution in [0.25, 0.3) is 0 Å². The zero-order valence-electron chi connectivity index (χ0n) is 13.7. The highest BCUT2D eigenvalue weighted by atomic mass is 32.2. The topological polar surface area (TPSA) is 63.2 Å². The van der Waals surface area contributed by atoms with E-state index in [1.807, 2.05) is 0 Å². The molecular weight excluding hydrogens is 349 g/mol. The van der Waals surface area contributed by atoms with Gasteiger partial charge < -0.3 is 5.32 Å². The number of benzene rings is 1. The van der Waals surface area contributed by atoms with Crippen LogP contribution < -0.4 is 5.32 Å². The number of halogens is 1. The third-order valence-electron chi connectivity index (χ3n) is 3.51. The van der Waals surface area contributed by atoms with Crippen LogP contribution in [0.3, 0.4) is 0 Å². The molecule has 0 bridgehead atoms. The van der Waals surface area contributed by atoms with Crippen molar-refractivity contribution in [3.63, 3.8) is 0 Å². The van der Waals surface area contributed by atoms with E-state index >= 15 is 0 Å². The van der Waals surface area contributed by atoms with Gasteiger partial charge in [-0.05, 0) is 35.7 Å². The second-order valence-electron chi connectivity index (χ2n) is 6.46. The molecule has 0 unspecified atom stereocenters. The summed E-state index contributed by atoms with van der Waals surface area (Å²) < 4.78 is 39.0. The monoisotopic (exact) mass is 369 g/mol. The van der Waals surface area contributed by atoms with Gasteiger partial charge in [-0.25, -0.2) is 12.8 Å². The Hall–Kier alpha value is -1.73. The SMILES string of the molecule is CC(C)(C)C(=O)NC[C@H](c1cccs1)S(=O)(=O)c1ccc(F)cc1. The smallest absolute Gasteiger partial charge is 0.225 e. The van der Waals surface area contributed by atoms with Gasteiger partial charge in [0.2, 0.25) is 5.91 Å². The summed E-state index contributed by atoms with van der Waals surface area (Å²) >= 11 is 1.31. The molecule has 2 aromatic rings. The van der Waals surface area contributed by atoms with Crippen LogP contribution in [0, 0.1) is 11.2 Å². The normalized spacial score (nSPS) is 13.5. The number of sulfone groups is 1. The van der Waals surface area contributed by atoms with Crippen LogP contribution in [0.2, 0.25) is 0 Å². The second kappa shape index (κ2) is 7.03. The summed E-state index contributed by atoms with van der Waals surface area (Å²) in [5, 5.41) is 3.59. The van der Waals surface area contributed by atoms with Gasteiger partial charge in [-0.2, -0.15) is 0 Å². The fourth-order valence-electron chi connectivity index (χ4n) is 2.08. The summed E-state index contributed by atoms with van der Waals surface area (Å²) in [7, 11) is -3.75. The standard InChI is InChI=1S/C17H20FNO3S2/c1-17(2,3)16(20)19-11-15(14-5-4-10-23-14)24(21,22)13-8-6-12(18)7-9-13/h4-10,15H,11H2,1-3H3,(H,19,20)/t15-/m1/s1. The molecule has 1 amide bonds. The first-order valence-corrected chi connectivity index (χ1v) is 9.86. The summed E-state index contributed by atoms with van der Waals surface area (Å²) in [6.07, 6.45) is 0. The Morgan fingerprint density at radius 3 is 2.33 bits per heavy atom. The van der Waals surface area contributed by atoms with Crippen molar-refractivity contribution in [3.05, 3.63) is 52.5 Å². The summed E-state index contributed by atoms with van der Waals surface area (Å²) in [4.78, 5) is 12.8. The second-order valence-corrected chi connectivity index (χ2v) is 9.57. The van der Waals surface area contributed by atoms with Crippen LogP contribution in [-0.4, -0.2) is 20.9 Å². The van der Waals surface area contributed by atoms with Gasteiger partial charge in [0, 0.05) is 16.8 Å². The lowest BCUT2D eigenvalue weighted by Crippen LogP contribution is -2.38. The molecule has 1 aromatic carbocycles. The number of hydrogen-bond donors (Lipinski definition) is 1. The summed E-state index contributed by atoms with van der Waals surface area (Å²) in [6.45, 7) is 5.25. The Morgan fingerprint density at radius 1 is 1.21 bits per heavy atom. The molecule has 0 spiro atoms. The summed E-state index contributed by atoms with van der Waals surface area (Å²) in [5.74, 6) is -0.721. The molecule has 2 rings (SSSR count). The number of thiophene rings is 1. The minimum Gasteiger partial charge on any atom is -0.354 e. The molecule has 7 heteroatoms. The molecule has 0 aliphatic carbocycles. The maximum Gasteiger partial charge on any atom is 0.225 e. The Morgan fingerprint density at radius 2 is 1.83 bits per heavy atom. The first-order chi connectivity index (χ1) is 11.1. The molecular formula is C17H20FNO3S2. The van der Waals surface area contributed by atoms with Gasteiger partial charge in [-0.15, -0.1) is 11.3 Å². The minimum absolute atomic E-state index is 0.0314. The van der Waals surface area contributed by atoms with Gasteiger partial charge in [0.1, 0.15) is 11.1 Å². The number of carbonyl (C=O) groups is 1. The van der Waals surface area contributed by atoms with Gasteiger partial charge in [0.05, 0.1) is 4.90 Å². The Bertz CT molecular complexity index is 791. The van der Waals surface area contributed by atoms with Gasteiger partial charge >= 0.3 is 0 Å². The van der Waals surface area contributed by atoms with Gasteiger partial charge in [-0.3, -0.25) is 4.79 Å². The van der Waals surface area contributed by atoms with Crippen LogP contribution in [0.4, 0.5) is 4.39 Å². The lowest BCUT2D eigenvalue weighted by molar-refractivity contribution is -0.128. The largest absolute Gasteiger partial charge is 0.354 e. The van der Waals surface area contributed by atoms with Crippen molar-refractivity contribution in [2.75, 3.05) is 6.54 Å². The van der Waals surface area contributed by atoms with E-state index in [0.29, 0.717) is 4.88 Å². The van der Waals surface area contributed by atoms with Crippen LogP contribution in [0.1, 0.15) is 30.9 Å². The predicted octanol–water partition coefficient (Wildman–Crippen LogP) is 3.56. The van der Waals surface area contributed by atoms with Gasteiger partial charge in [0.25, 0.3) is 0 Å². The molecule has 0 saturated carbocycles. The van der Waals surface area contributed by atoms with E-state index in [-0.39, 0.29) is 17.3 Å². The van der Waals surface area contributed by atoms with Crippen LogP contribution in [0.15, 0.2) is 46.7 Å². The number of amides is 1. The van der Waals surface area contributed by atoms with Crippen LogP contribution in [0.5, 0.6) is 0 Å². The first kappa shape index (κ1) is 18.6. The lowest BCUT2D eigenvalue weighted by atomic mass is 9.96. The average molecular weight is 369 g/mol. The third-order valence-corrected chi connectivity index (χ3v) is 6.74. The van der Waals surface area contributed by atoms with E-state index in [0.717, 1.165) is 12.1 Å². The highest BCUT2D eigenvalue weighted by Gasteiger charge is 2.32. The molecule has 0 aliphatic heterocycles. The van der Waals surface area contributed by atoms with Crippen molar-refractivity contribution in [2.45, 2.75) is 30.9 Å². The first-order valence-electron chi connectivity index (χ1n) is 7.43. The van der Waals surface area contributed by atoms with E-state index in [2.05, 4.69) is 5.32 Å². The van der Waals surface area contributed by atoms with Crippen LogP contribution >= 0.6 is 11.3 Å².